The van der Waals surface area contributed by atoms with Crippen LogP contribution >= 0.6 is 0 Å². The van der Waals surface area contributed by atoms with Gasteiger partial charge in [-0.25, -0.2) is 0 Å². The first kappa shape index (κ1) is 20.2. The summed E-state index contributed by atoms with van der Waals surface area (Å²) >= 11 is 0. The van der Waals surface area contributed by atoms with E-state index in [2.05, 4.69) is 4.90 Å². The van der Waals surface area contributed by atoms with E-state index >= 15 is 0 Å². The molecule has 8 heteroatoms. The van der Waals surface area contributed by atoms with Crippen molar-refractivity contribution in [3.05, 3.63) is 63.7 Å². The molecule has 30 heavy (non-hydrogen) atoms. The molecule has 0 N–H and O–H groups in total. The van der Waals surface area contributed by atoms with Crippen molar-refractivity contribution >= 4 is 11.6 Å². The highest BCUT2D eigenvalue weighted by molar-refractivity contribution is 5.99. The largest absolute Gasteiger partial charge is 0.493 e. The minimum atomic E-state index is -0.548. The van der Waals surface area contributed by atoms with Crippen molar-refractivity contribution in [1.82, 2.24) is 9.80 Å². The lowest BCUT2D eigenvalue weighted by molar-refractivity contribution is -0.385. The summed E-state index contributed by atoms with van der Waals surface area (Å²) in [5.74, 6) is 0.144. The standard InChI is InChI=1S/C22H25N3O5/c1-29-20-12-17(18(25(27)28)13-21(20)30-2)22(26)24-11-10-23(16-8-9-16)14-19(24)15-6-4-3-5-7-15/h3-7,12-13,16,19H,8-11,14H2,1-2H3. The van der Waals surface area contributed by atoms with Gasteiger partial charge in [-0.1, -0.05) is 30.3 Å². The first-order valence-corrected chi connectivity index (χ1v) is 10.0. The molecule has 0 radical (unpaired) electrons. The van der Waals surface area contributed by atoms with E-state index in [4.69, 9.17) is 9.47 Å². The van der Waals surface area contributed by atoms with Crippen LogP contribution in [0.25, 0.3) is 0 Å². The van der Waals surface area contributed by atoms with Gasteiger partial charge >= 0.3 is 0 Å². The second-order valence-corrected chi connectivity index (χ2v) is 7.63. The van der Waals surface area contributed by atoms with Crippen LogP contribution in [0.15, 0.2) is 42.5 Å². The topological polar surface area (TPSA) is 85.2 Å². The molecular formula is C22H25N3O5. The smallest absolute Gasteiger partial charge is 0.286 e. The van der Waals surface area contributed by atoms with Gasteiger partial charge in [0.2, 0.25) is 0 Å². The van der Waals surface area contributed by atoms with Crippen LogP contribution in [0.1, 0.15) is 34.8 Å². The van der Waals surface area contributed by atoms with Crippen LogP contribution < -0.4 is 9.47 Å². The first-order valence-electron chi connectivity index (χ1n) is 10.0. The number of nitro benzene ring substituents is 1. The summed E-state index contributed by atoms with van der Waals surface area (Å²) in [5, 5.41) is 11.7. The van der Waals surface area contributed by atoms with Crippen LogP contribution in [-0.2, 0) is 0 Å². The molecule has 1 saturated heterocycles. The Morgan fingerprint density at radius 3 is 2.33 bits per heavy atom. The maximum atomic E-state index is 13.6. The number of rotatable bonds is 6. The summed E-state index contributed by atoms with van der Waals surface area (Å²) in [6.45, 7) is 2.00. The number of hydrogen-bond donors (Lipinski definition) is 0. The predicted octanol–water partition coefficient (Wildman–Crippen LogP) is 3.27. The number of nitrogens with zero attached hydrogens (tertiary/aromatic N) is 3. The van der Waals surface area contributed by atoms with Crippen LogP contribution in [0.4, 0.5) is 5.69 Å². The lowest BCUT2D eigenvalue weighted by Crippen LogP contribution is -2.51. The van der Waals surface area contributed by atoms with E-state index in [-0.39, 0.29) is 28.9 Å². The van der Waals surface area contributed by atoms with Gasteiger partial charge in [0, 0.05) is 31.7 Å². The normalized spacial score (nSPS) is 19.4. The van der Waals surface area contributed by atoms with Crippen LogP contribution in [0.3, 0.4) is 0 Å². The highest BCUT2D eigenvalue weighted by atomic mass is 16.6. The molecule has 0 bridgehead atoms. The Kier molecular flexibility index (Phi) is 5.59. The third-order valence-corrected chi connectivity index (χ3v) is 5.85. The van der Waals surface area contributed by atoms with Crippen molar-refractivity contribution in [3.63, 3.8) is 0 Å². The molecule has 1 heterocycles. The molecule has 8 nitrogen and oxygen atoms in total. The number of carbonyl (C=O) groups excluding carboxylic acids is 1. The molecule has 1 amide bonds. The highest BCUT2D eigenvalue weighted by Gasteiger charge is 2.39. The zero-order valence-electron chi connectivity index (χ0n) is 17.1. The van der Waals surface area contributed by atoms with Gasteiger partial charge in [-0.2, -0.15) is 0 Å². The molecule has 0 aromatic heterocycles. The molecule has 1 saturated carbocycles. The number of amides is 1. The van der Waals surface area contributed by atoms with Crippen LogP contribution in [0.2, 0.25) is 0 Å². The van der Waals surface area contributed by atoms with E-state index in [9.17, 15) is 14.9 Å². The third kappa shape index (κ3) is 3.82. The molecule has 4 rings (SSSR count). The zero-order chi connectivity index (χ0) is 21.3. The van der Waals surface area contributed by atoms with Gasteiger partial charge in [-0.15, -0.1) is 0 Å². The van der Waals surface area contributed by atoms with Crippen molar-refractivity contribution in [2.24, 2.45) is 0 Å². The van der Waals surface area contributed by atoms with E-state index in [1.807, 2.05) is 30.3 Å². The first-order chi connectivity index (χ1) is 14.5. The van der Waals surface area contributed by atoms with Crippen LogP contribution in [0, 0.1) is 10.1 Å². The van der Waals surface area contributed by atoms with Crippen molar-refractivity contribution in [2.75, 3.05) is 33.9 Å². The maximum absolute atomic E-state index is 13.6. The fraction of sp³-hybridized carbons (Fsp3) is 0.409. The predicted molar refractivity (Wildman–Crippen MR) is 111 cm³/mol. The Hall–Kier alpha value is -3.13. The number of hydrogen-bond acceptors (Lipinski definition) is 6. The van der Waals surface area contributed by atoms with Crippen molar-refractivity contribution in [3.8, 4) is 11.5 Å². The molecule has 158 valence electrons. The van der Waals surface area contributed by atoms with E-state index in [1.165, 1.54) is 39.2 Å². The fourth-order valence-electron chi connectivity index (χ4n) is 4.12. The van der Waals surface area contributed by atoms with E-state index in [1.54, 1.807) is 4.90 Å². The minimum absolute atomic E-state index is 0.0125. The Morgan fingerprint density at radius 2 is 1.73 bits per heavy atom. The number of ether oxygens (including phenoxy) is 2. The van der Waals surface area contributed by atoms with Gasteiger partial charge in [0.1, 0.15) is 5.56 Å². The van der Waals surface area contributed by atoms with Gasteiger partial charge in [-0.05, 0) is 18.4 Å². The fourth-order valence-corrected chi connectivity index (χ4v) is 4.12. The van der Waals surface area contributed by atoms with Crippen LogP contribution in [-0.4, -0.2) is 60.5 Å². The van der Waals surface area contributed by atoms with Crippen LogP contribution in [0.5, 0.6) is 11.5 Å². The number of nitro groups is 1. The molecule has 2 aromatic carbocycles. The summed E-state index contributed by atoms with van der Waals surface area (Å²) in [5.41, 5.74) is 0.756. The third-order valence-electron chi connectivity index (χ3n) is 5.85. The molecule has 1 aliphatic carbocycles. The summed E-state index contributed by atoms with van der Waals surface area (Å²) in [7, 11) is 2.85. The summed E-state index contributed by atoms with van der Waals surface area (Å²) in [6.07, 6.45) is 2.38. The maximum Gasteiger partial charge on any atom is 0.286 e. The van der Waals surface area contributed by atoms with E-state index < -0.39 is 4.92 Å². The van der Waals surface area contributed by atoms with Gasteiger partial charge in [0.15, 0.2) is 11.5 Å². The second kappa shape index (κ2) is 8.31. The van der Waals surface area contributed by atoms with Gasteiger partial charge in [0.05, 0.1) is 31.3 Å². The van der Waals surface area contributed by atoms with Gasteiger partial charge < -0.3 is 14.4 Å². The Labute approximate surface area is 175 Å². The second-order valence-electron chi connectivity index (χ2n) is 7.63. The monoisotopic (exact) mass is 411 g/mol. The van der Waals surface area contributed by atoms with Crippen molar-refractivity contribution in [2.45, 2.75) is 24.9 Å². The average molecular weight is 411 g/mol. The average Bonchev–Trinajstić information content (AvgIpc) is 3.63. The number of benzene rings is 2. The molecule has 1 aliphatic heterocycles. The lowest BCUT2D eigenvalue weighted by Gasteiger charge is -2.42. The van der Waals surface area contributed by atoms with Gasteiger partial charge in [-0.3, -0.25) is 19.8 Å². The molecule has 2 aliphatic rings. The molecule has 1 atom stereocenters. The SMILES string of the molecule is COc1cc(C(=O)N2CCN(C3CC3)CC2c2ccccc2)c([N+](=O)[O-])cc1OC. The molecule has 0 spiro atoms. The van der Waals surface area contributed by atoms with Crippen molar-refractivity contribution in [1.29, 1.82) is 0 Å². The summed E-state index contributed by atoms with van der Waals surface area (Å²) < 4.78 is 10.5. The number of piperazine rings is 1. The minimum Gasteiger partial charge on any atom is -0.493 e. The quantitative estimate of drug-likeness (QED) is 0.536. The summed E-state index contributed by atoms with van der Waals surface area (Å²) in [6, 6.07) is 12.9. The Morgan fingerprint density at radius 1 is 1.07 bits per heavy atom. The molecule has 2 aromatic rings. The molecule has 2 fully saturated rings. The molecule has 1 unspecified atom stereocenters. The van der Waals surface area contributed by atoms with E-state index in [0.717, 1.165) is 18.7 Å². The zero-order valence-corrected chi connectivity index (χ0v) is 17.1. The Bertz CT molecular complexity index is 945. The Balaban J connectivity index is 1.72. The summed E-state index contributed by atoms with van der Waals surface area (Å²) in [4.78, 5) is 28.9. The molecular weight excluding hydrogens is 386 g/mol. The van der Waals surface area contributed by atoms with E-state index in [0.29, 0.717) is 18.3 Å². The highest BCUT2D eigenvalue weighted by Crippen LogP contribution is 2.38. The number of methoxy groups -OCH3 is 2. The van der Waals surface area contributed by atoms with Gasteiger partial charge in [0.25, 0.3) is 11.6 Å². The number of carbonyl (C=O) groups is 1. The lowest BCUT2D eigenvalue weighted by atomic mass is 10.00. The van der Waals surface area contributed by atoms with Crippen molar-refractivity contribution < 1.29 is 19.2 Å².